The molecule has 5 heteroatoms. The number of thioether (sulfide) groups is 1. The number of nitrogens with one attached hydrogen (secondary N) is 1. The third kappa shape index (κ3) is 4.69. The van der Waals surface area contributed by atoms with E-state index < -0.39 is 6.10 Å². The van der Waals surface area contributed by atoms with Gasteiger partial charge in [0, 0.05) is 15.6 Å². The minimum atomic E-state index is -0.593. The summed E-state index contributed by atoms with van der Waals surface area (Å²) in [6, 6.07) is 14.6. The number of hydrogen-bond acceptors (Lipinski definition) is 3. The van der Waals surface area contributed by atoms with Gasteiger partial charge in [0.05, 0.1) is 0 Å². The molecule has 21 heavy (non-hydrogen) atoms. The topological polar surface area (TPSA) is 38.3 Å². The molecule has 0 unspecified atom stereocenters. The molecule has 0 aliphatic carbocycles. The zero-order valence-corrected chi connectivity index (χ0v) is 13.4. The van der Waals surface area contributed by atoms with Crippen LogP contribution in [-0.2, 0) is 4.79 Å². The van der Waals surface area contributed by atoms with Crippen LogP contribution in [0.2, 0.25) is 5.02 Å². The van der Waals surface area contributed by atoms with Crippen molar-refractivity contribution < 1.29 is 9.53 Å². The van der Waals surface area contributed by atoms with Crippen LogP contribution >= 0.6 is 23.4 Å². The van der Waals surface area contributed by atoms with Crippen LogP contribution < -0.4 is 10.1 Å². The maximum absolute atomic E-state index is 12.1. The Balaban J connectivity index is 1.95. The summed E-state index contributed by atoms with van der Waals surface area (Å²) < 4.78 is 5.62. The second kappa shape index (κ2) is 7.38. The SMILES string of the molecule is CSc1ccc(O[C@@H](C)C(=O)Nc2cccc(Cl)c2)cc1. The van der Waals surface area contributed by atoms with Crippen LogP contribution in [0.15, 0.2) is 53.4 Å². The van der Waals surface area contributed by atoms with Gasteiger partial charge in [0.1, 0.15) is 5.75 Å². The summed E-state index contributed by atoms with van der Waals surface area (Å²) in [5, 5.41) is 3.35. The zero-order valence-electron chi connectivity index (χ0n) is 11.8. The summed E-state index contributed by atoms with van der Waals surface area (Å²) in [6.45, 7) is 1.71. The minimum Gasteiger partial charge on any atom is -0.481 e. The third-order valence-electron chi connectivity index (χ3n) is 2.83. The van der Waals surface area contributed by atoms with Crippen molar-refractivity contribution in [3.05, 3.63) is 53.6 Å². The number of halogens is 1. The maximum atomic E-state index is 12.1. The molecular weight excluding hydrogens is 306 g/mol. The smallest absolute Gasteiger partial charge is 0.265 e. The minimum absolute atomic E-state index is 0.216. The van der Waals surface area contributed by atoms with Gasteiger partial charge in [-0.1, -0.05) is 17.7 Å². The Morgan fingerprint density at radius 1 is 1.24 bits per heavy atom. The fraction of sp³-hybridized carbons (Fsp3) is 0.188. The molecule has 0 aliphatic heterocycles. The van der Waals surface area contributed by atoms with E-state index in [9.17, 15) is 4.79 Å². The van der Waals surface area contributed by atoms with Gasteiger partial charge >= 0.3 is 0 Å². The summed E-state index contributed by atoms with van der Waals surface area (Å²) in [5.41, 5.74) is 0.653. The Morgan fingerprint density at radius 2 is 1.95 bits per heavy atom. The first-order valence-corrected chi connectivity index (χ1v) is 8.06. The van der Waals surface area contributed by atoms with Crippen molar-refractivity contribution in [2.45, 2.75) is 17.9 Å². The van der Waals surface area contributed by atoms with Crippen molar-refractivity contribution in [3.8, 4) is 5.75 Å². The Morgan fingerprint density at radius 3 is 2.57 bits per heavy atom. The number of ether oxygens (including phenoxy) is 1. The summed E-state index contributed by atoms with van der Waals surface area (Å²) in [4.78, 5) is 13.2. The van der Waals surface area contributed by atoms with Gasteiger partial charge in [-0.05, 0) is 55.6 Å². The van der Waals surface area contributed by atoms with E-state index in [2.05, 4.69) is 5.32 Å². The van der Waals surface area contributed by atoms with Gasteiger partial charge in [-0.25, -0.2) is 0 Å². The summed E-state index contributed by atoms with van der Waals surface area (Å²) >= 11 is 7.54. The maximum Gasteiger partial charge on any atom is 0.265 e. The van der Waals surface area contributed by atoms with E-state index >= 15 is 0 Å². The normalized spacial score (nSPS) is 11.8. The van der Waals surface area contributed by atoms with Crippen molar-refractivity contribution in [3.63, 3.8) is 0 Å². The molecule has 0 fully saturated rings. The Kier molecular flexibility index (Phi) is 5.53. The van der Waals surface area contributed by atoms with Crippen molar-refractivity contribution in [1.29, 1.82) is 0 Å². The van der Waals surface area contributed by atoms with E-state index in [-0.39, 0.29) is 5.91 Å². The average Bonchev–Trinajstić information content (AvgIpc) is 2.48. The predicted molar refractivity (Wildman–Crippen MR) is 88.4 cm³/mol. The Hall–Kier alpha value is -1.65. The number of hydrogen-bond donors (Lipinski definition) is 1. The highest BCUT2D eigenvalue weighted by Crippen LogP contribution is 2.20. The molecule has 0 radical (unpaired) electrons. The lowest BCUT2D eigenvalue weighted by Gasteiger charge is -2.15. The van der Waals surface area contributed by atoms with Crippen LogP contribution in [0, 0.1) is 0 Å². The van der Waals surface area contributed by atoms with Gasteiger partial charge in [-0.15, -0.1) is 11.8 Å². The van der Waals surface area contributed by atoms with Crippen LogP contribution in [0.3, 0.4) is 0 Å². The molecule has 1 amide bonds. The van der Waals surface area contributed by atoms with E-state index in [4.69, 9.17) is 16.3 Å². The van der Waals surface area contributed by atoms with Gasteiger partial charge in [0.25, 0.3) is 5.91 Å². The van der Waals surface area contributed by atoms with Crippen molar-refractivity contribution in [2.24, 2.45) is 0 Å². The molecule has 0 aromatic heterocycles. The molecule has 3 nitrogen and oxygen atoms in total. The molecule has 1 atom stereocenters. The number of carbonyl (C=O) groups excluding carboxylic acids is 1. The first-order chi connectivity index (χ1) is 10.1. The highest BCUT2D eigenvalue weighted by atomic mass is 35.5. The molecule has 0 saturated carbocycles. The molecule has 0 spiro atoms. The molecule has 2 aromatic carbocycles. The fourth-order valence-corrected chi connectivity index (χ4v) is 2.32. The largest absolute Gasteiger partial charge is 0.481 e. The third-order valence-corrected chi connectivity index (χ3v) is 3.81. The van der Waals surface area contributed by atoms with E-state index in [0.717, 1.165) is 4.90 Å². The molecule has 0 bridgehead atoms. The lowest BCUT2D eigenvalue weighted by atomic mass is 10.3. The number of anilines is 1. The van der Waals surface area contributed by atoms with Crippen LogP contribution in [0.5, 0.6) is 5.75 Å². The second-order valence-corrected chi connectivity index (χ2v) is 5.75. The van der Waals surface area contributed by atoms with Gasteiger partial charge < -0.3 is 10.1 Å². The van der Waals surface area contributed by atoms with Crippen molar-refractivity contribution in [1.82, 2.24) is 0 Å². The quantitative estimate of drug-likeness (QED) is 0.826. The predicted octanol–water partition coefficient (Wildman–Crippen LogP) is 4.47. The van der Waals surface area contributed by atoms with Crippen LogP contribution in [0.25, 0.3) is 0 Å². The molecule has 110 valence electrons. The van der Waals surface area contributed by atoms with Crippen molar-refractivity contribution >= 4 is 35.0 Å². The Labute approximate surface area is 133 Å². The van der Waals surface area contributed by atoms with E-state index in [1.165, 1.54) is 0 Å². The molecule has 0 aliphatic rings. The second-order valence-electron chi connectivity index (χ2n) is 4.44. The first-order valence-electron chi connectivity index (χ1n) is 6.45. The zero-order chi connectivity index (χ0) is 15.2. The van der Waals surface area contributed by atoms with Gasteiger partial charge in [-0.3, -0.25) is 4.79 Å². The molecule has 0 heterocycles. The van der Waals surface area contributed by atoms with Gasteiger partial charge in [-0.2, -0.15) is 0 Å². The Bertz CT molecular complexity index is 616. The van der Waals surface area contributed by atoms with E-state index in [1.807, 2.05) is 30.5 Å². The van der Waals surface area contributed by atoms with E-state index in [1.54, 1.807) is 43.0 Å². The molecular formula is C16H16ClNO2S. The fourth-order valence-electron chi connectivity index (χ4n) is 1.72. The standard InChI is InChI=1S/C16H16ClNO2S/c1-11(20-14-6-8-15(21-2)9-7-14)16(19)18-13-5-3-4-12(17)10-13/h3-11H,1-2H3,(H,18,19)/t11-/m0/s1. The number of amides is 1. The van der Waals surface area contributed by atoms with Gasteiger partial charge in [0.15, 0.2) is 6.10 Å². The highest BCUT2D eigenvalue weighted by molar-refractivity contribution is 7.98. The van der Waals surface area contributed by atoms with E-state index in [0.29, 0.717) is 16.5 Å². The number of rotatable bonds is 5. The molecule has 2 aromatic rings. The lowest BCUT2D eigenvalue weighted by molar-refractivity contribution is -0.122. The first kappa shape index (κ1) is 15.7. The summed E-state index contributed by atoms with van der Waals surface area (Å²) in [7, 11) is 0. The summed E-state index contributed by atoms with van der Waals surface area (Å²) in [6.07, 6.45) is 1.42. The molecule has 0 saturated heterocycles. The van der Waals surface area contributed by atoms with Crippen LogP contribution in [0.1, 0.15) is 6.92 Å². The monoisotopic (exact) mass is 321 g/mol. The van der Waals surface area contributed by atoms with Crippen LogP contribution in [-0.4, -0.2) is 18.3 Å². The summed E-state index contributed by atoms with van der Waals surface area (Å²) in [5.74, 6) is 0.452. The number of carbonyl (C=O) groups is 1. The average molecular weight is 322 g/mol. The molecule has 2 rings (SSSR count). The lowest BCUT2D eigenvalue weighted by Crippen LogP contribution is -2.30. The molecule has 1 N–H and O–H groups in total. The number of benzene rings is 2. The van der Waals surface area contributed by atoms with Crippen LogP contribution in [0.4, 0.5) is 5.69 Å². The van der Waals surface area contributed by atoms with Gasteiger partial charge in [0.2, 0.25) is 0 Å². The van der Waals surface area contributed by atoms with Crippen molar-refractivity contribution in [2.75, 3.05) is 11.6 Å². The highest BCUT2D eigenvalue weighted by Gasteiger charge is 2.14.